The van der Waals surface area contributed by atoms with Gasteiger partial charge in [-0.25, -0.2) is 13.4 Å². The molecule has 0 aliphatic carbocycles. The number of thiophene rings is 1. The molecular weight excluding hydrogens is 308 g/mol. The van der Waals surface area contributed by atoms with Crippen LogP contribution in [0.15, 0.2) is 28.7 Å². The van der Waals surface area contributed by atoms with Gasteiger partial charge in [0.15, 0.2) is 0 Å². The summed E-state index contributed by atoms with van der Waals surface area (Å²) in [5.41, 5.74) is 0. The van der Waals surface area contributed by atoms with E-state index in [1.54, 1.807) is 22.8 Å². The third kappa shape index (κ3) is 2.76. The number of nitrogens with zero attached hydrogens (tertiary/aromatic N) is 3. The van der Waals surface area contributed by atoms with Gasteiger partial charge in [0.1, 0.15) is 10.0 Å². The lowest BCUT2D eigenvalue weighted by molar-refractivity contribution is 0.143. The number of H-pyrrole nitrogens is 1. The minimum absolute atomic E-state index is 0.0374. The molecule has 21 heavy (non-hydrogen) atoms. The van der Waals surface area contributed by atoms with Gasteiger partial charge in [0.2, 0.25) is 0 Å². The van der Waals surface area contributed by atoms with Gasteiger partial charge < -0.3 is 4.98 Å². The molecule has 0 unspecified atom stereocenters. The fraction of sp³-hybridized carbons (Fsp3) is 0.462. The van der Waals surface area contributed by atoms with Crippen molar-refractivity contribution in [3.63, 3.8) is 0 Å². The molecule has 0 amide bonds. The van der Waals surface area contributed by atoms with E-state index in [9.17, 15) is 8.42 Å². The van der Waals surface area contributed by atoms with E-state index in [0.29, 0.717) is 23.8 Å². The molecule has 1 saturated heterocycles. The Bertz CT molecular complexity index is 708. The quantitative estimate of drug-likeness (QED) is 0.927. The van der Waals surface area contributed by atoms with Crippen molar-refractivity contribution in [3.05, 3.63) is 35.2 Å². The second kappa shape index (κ2) is 5.53. The summed E-state index contributed by atoms with van der Waals surface area (Å²) < 4.78 is 27.4. The zero-order chi connectivity index (χ0) is 15.0. The average molecular weight is 326 g/mol. The van der Waals surface area contributed by atoms with Gasteiger partial charge in [-0.05, 0) is 26.1 Å². The highest BCUT2D eigenvalue weighted by Crippen LogP contribution is 2.29. The van der Waals surface area contributed by atoms with E-state index in [0.717, 1.165) is 10.7 Å². The Balaban J connectivity index is 1.86. The Kier molecular flexibility index (Phi) is 3.87. The van der Waals surface area contributed by atoms with E-state index in [2.05, 4.69) is 14.9 Å². The molecule has 3 rings (SSSR count). The highest BCUT2D eigenvalue weighted by molar-refractivity contribution is 7.91. The summed E-state index contributed by atoms with van der Waals surface area (Å²) in [7, 11) is -1.41. The van der Waals surface area contributed by atoms with Crippen molar-refractivity contribution in [3.8, 4) is 0 Å². The van der Waals surface area contributed by atoms with Crippen molar-refractivity contribution in [1.82, 2.24) is 19.2 Å². The van der Waals surface area contributed by atoms with Gasteiger partial charge in [0.25, 0.3) is 10.0 Å². The first-order valence-electron chi connectivity index (χ1n) is 6.74. The minimum atomic E-state index is -3.41. The maximum Gasteiger partial charge on any atom is 0.252 e. The van der Waals surface area contributed by atoms with Gasteiger partial charge in [-0.1, -0.05) is 0 Å². The summed E-state index contributed by atoms with van der Waals surface area (Å²) >= 11 is 1.32. The van der Waals surface area contributed by atoms with Crippen LogP contribution in [0.1, 0.15) is 16.7 Å². The Labute approximate surface area is 128 Å². The van der Waals surface area contributed by atoms with Crippen LogP contribution >= 0.6 is 11.3 Å². The molecule has 1 fully saturated rings. The number of aromatic amines is 1. The second-order valence-electron chi connectivity index (χ2n) is 5.20. The van der Waals surface area contributed by atoms with Crippen LogP contribution < -0.4 is 0 Å². The molecule has 0 bridgehead atoms. The van der Waals surface area contributed by atoms with Crippen molar-refractivity contribution in [1.29, 1.82) is 0 Å². The lowest BCUT2D eigenvalue weighted by Gasteiger charge is -2.37. The zero-order valence-electron chi connectivity index (χ0n) is 12.0. The van der Waals surface area contributed by atoms with E-state index in [-0.39, 0.29) is 6.04 Å². The van der Waals surface area contributed by atoms with Crippen molar-refractivity contribution in [2.75, 3.05) is 26.7 Å². The van der Waals surface area contributed by atoms with Crippen LogP contribution in [0.25, 0.3) is 0 Å². The van der Waals surface area contributed by atoms with Gasteiger partial charge in [0, 0.05) is 36.9 Å². The van der Waals surface area contributed by atoms with Crippen LogP contribution in [0.5, 0.6) is 0 Å². The van der Waals surface area contributed by atoms with Crippen LogP contribution in [0.2, 0.25) is 0 Å². The Hall–Kier alpha value is -1.22. The molecular formula is C13H18N4O2S2. The fourth-order valence-corrected chi connectivity index (χ4v) is 5.38. The van der Waals surface area contributed by atoms with E-state index < -0.39 is 10.0 Å². The largest absolute Gasteiger partial charge is 0.347 e. The number of nitrogens with one attached hydrogen (secondary N) is 1. The maximum absolute atomic E-state index is 12.7. The first-order valence-corrected chi connectivity index (χ1v) is 9.00. The first kappa shape index (κ1) is 14.7. The van der Waals surface area contributed by atoms with Crippen LogP contribution in [0, 0.1) is 6.92 Å². The molecule has 1 aliphatic heterocycles. The topological polar surface area (TPSA) is 69.3 Å². The number of aromatic nitrogens is 2. The molecule has 0 saturated carbocycles. The second-order valence-corrected chi connectivity index (χ2v) is 8.65. The lowest BCUT2D eigenvalue weighted by Crippen LogP contribution is -2.49. The lowest BCUT2D eigenvalue weighted by atomic mass is 10.2. The summed E-state index contributed by atoms with van der Waals surface area (Å²) in [5, 5.41) is 0. The van der Waals surface area contributed by atoms with Crippen LogP contribution in [-0.2, 0) is 10.0 Å². The van der Waals surface area contributed by atoms with Gasteiger partial charge in [-0.15, -0.1) is 11.3 Å². The zero-order valence-corrected chi connectivity index (χ0v) is 13.6. The Morgan fingerprint density at radius 2 is 2.19 bits per heavy atom. The number of rotatable bonds is 3. The fourth-order valence-electron chi connectivity index (χ4n) is 2.50. The Morgan fingerprint density at radius 1 is 1.38 bits per heavy atom. The normalized spacial score (nSPS) is 21.7. The monoisotopic (exact) mass is 326 g/mol. The summed E-state index contributed by atoms with van der Waals surface area (Å²) in [4.78, 5) is 10.5. The van der Waals surface area contributed by atoms with Gasteiger partial charge in [-0.2, -0.15) is 4.31 Å². The van der Waals surface area contributed by atoms with Crippen molar-refractivity contribution in [2.45, 2.75) is 17.2 Å². The van der Waals surface area contributed by atoms with E-state index >= 15 is 0 Å². The standard InChI is InChI=1S/C13H18N4O2S2/c1-10-3-4-12(20-10)21(18,19)17-8-7-16(2)11(9-17)13-14-5-6-15-13/h3-6,11H,7-9H2,1-2H3,(H,14,15)/t11-/m1/s1. The Morgan fingerprint density at radius 3 is 2.81 bits per heavy atom. The molecule has 114 valence electrons. The van der Waals surface area contributed by atoms with Crippen LogP contribution in [0.3, 0.4) is 0 Å². The average Bonchev–Trinajstić information content (AvgIpc) is 3.10. The molecule has 0 spiro atoms. The predicted molar refractivity (Wildman–Crippen MR) is 81.8 cm³/mol. The predicted octanol–water partition coefficient (Wildman–Crippen LogP) is 1.46. The molecule has 1 atom stereocenters. The van der Waals surface area contributed by atoms with E-state index in [1.807, 2.05) is 20.0 Å². The molecule has 3 heterocycles. The molecule has 0 aromatic carbocycles. The minimum Gasteiger partial charge on any atom is -0.347 e. The molecule has 6 nitrogen and oxygen atoms in total. The highest BCUT2D eigenvalue weighted by atomic mass is 32.2. The van der Waals surface area contributed by atoms with Crippen LogP contribution in [0.4, 0.5) is 0 Å². The molecule has 8 heteroatoms. The van der Waals surface area contributed by atoms with Crippen molar-refractivity contribution < 1.29 is 8.42 Å². The number of likely N-dealkylation sites (N-methyl/N-ethyl adjacent to an activating group) is 1. The van der Waals surface area contributed by atoms with Gasteiger partial charge >= 0.3 is 0 Å². The summed E-state index contributed by atoms with van der Waals surface area (Å²) in [6.45, 7) is 3.53. The molecule has 1 aliphatic rings. The first-order chi connectivity index (χ1) is 9.98. The number of piperazine rings is 1. The van der Waals surface area contributed by atoms with Crippen LogP contribution in [-0.4, -0.2) is 54.3 Å². The number of aryl methyl sites for hydroxylation is 1. The van der Waals surface area contributed by atoms with Crippen molar-refractivity contribution >= 4 is 21.4 Å². The molecule has 1 N–H and O–H groups in total. The number of imidazole rings is 1. The number of sulfonamides is 1. The summed E-state index contributed by atoms with van der Waals surface area (Å²) in [5.74, 6) is 0.805. The third-order valence-electron chi connectivity index (χ3n) is 3.76. The smallest absolute Gasteiger partial charge is 0.252 e. The molecule has 2 aromatic rings. The van der Waals surface area contributed by atoms with E-state index in [1.165, 1.54) is 11.3 Å². The SMILES string of the molecule is Cc1ccc(S(=O)(=O)N2CCN(C)[C@@H](c3ncc[nH]3)C2)s1. The summed E-state index contributed by atoms with van der Waals surface area (Å²) in [6, 6.07) is 3.50. The number of hydrogen-bond acceptors (Lipinski definition) is 5. The molecule has 0 radical (unpaired) electrons. The maximum atomic E-state index is 12.7. The highest BCUT2D eigenvalue weighted by Gasteiger charge is 2.35. The van der Waals surface area contributed by atoms with E-state index in [4.69, 9.17) is 0 Å². The van der Waals surface area contributed by atoms with Crippen molar-refractivity contribution in [2.24, 2.45) is 0 Å². The number of hydrogen-bond donors (Lipinski definition) is 1. The summed E-state index contributed by atoms with van der Waals surface area (Å²) in [6.07, 6.45) is 3.46. The van der Waals surface area contributed by atoms with Gasteiger partial charge in [0.05, 0.1) is 6.04 Å². The molecule has 2 aromatic heterocycles. The third-order valence-corrected chi connectivity index (χ3v) is 7.09. The van der Waals surface area contributed by atoms with Gasteiger partial charge in [-0.3, -0.25) is 4.90 Å².